The van der Waals surface area contributed by atoms with E-state index in [2.05, 4.69) is 29.4 Å². The summed E-state index contributed by atoms with van der Waals surface area (Å²) < 4.78 is 1.99. The highest BCUT2D eigenvalue weighted by Crippen LogP contribution is 2.31. The summed E-state index contributed by atoms with van der Waals surface area (Å²) in [7, 11) is 0. The normalized spacial score (nSPS) is 19.4. The first-order valence-electron chi connectivity index (χ1n) is 5.69. The van der Waals surface area contributed by atoms with Crippen LogP contribution in [0, 0.1) is 0 Å². The van der Waals surface area contributed by atoms with Crippen LogP contribution >= 0.6 is 0 Å². The van der Waals surface area contributed by atoms with Crippen molar-refractivity contribution in [1.82, 2.24) is 9.78 Å². The van der Waals surface area contributed by atoms with Gasteiger partial charge in [0.25, 0.3) is 5.56 Å². The van der Waals surface area contributed by atoms with Gasteiger partial charge in [0.15, 0.2) is 0 Å². The van der Waals surface area contributed by atoms with E-state index in [0.717, 1.165) is 25.1 Å². The molecule has 16 heavy (non-hydrogen) atoms. The molecule has 0 saturated carbocycles. The molecule has 0 amide bonds. The number of nitrogens with one attached hydrogen (secondary N) is 1. The fourth-order valence-electron chi connectivity index (χ4n) is 2.54. The smallest absolute Gasteiger partial charge is 0.264 e. The van der Waals surface area contributed by atoms with Gasteiger partial charge in [-0.15, -0.1) is 0 Å². The van der Waals surface area contributed by atoms with Crippen LogP contribution in [0.25, 0.3) is 0 Å². The zero-order valence-electron chi connectivity index (χ0n) is 9.02. The van der Waals surface area contributed by atoms with E-state index in [1.165, 1.54) is 5.56 Å². The van der Waals surface area contributed by atoms with Gasteiger partial charge in [0.2, 0.25) is 0 Å². The lowest BCUT2D eigenvalue weighted by molar-refractivity contribution is 0.452. The van der Waals surface area contributed by atoms with Gasteiger partial charge in [-0.1, -0.05) is 30.3 Å². The molecular formula is C13H14N2O. The largest absolute Gasteiger partial charge is 0.289 e. The van der Waals surface area contributed by atoms with Crippen LogP contribution in [0.15, 0.2) is 41.2 Å². The summed E-state index contributed by atoms with van der Waals surface area (Å²) in [4.78, 5) is 11.4. The first-order valence-corrected chi connectivity index (χ1v) is 5.69. The van der Waals surface area contributed by atoms with Crippen LogP contribution in [0.4, 0.5) is 0 Å². The van der Waals surface area contributed by atoms with Crippen LogP contribution in [-0.2, 0) is 6.54 Å². The van der Waals surface area contributed by atoms with Gasteiger partial charge in [0, 0.05) is 24.2 Å². The van der Waals surface area contributed by atoms with Crippen LogP contribution in [-0.4, -0.2) is 9.78 Å². The van der Waals surface area contributed by atoms with Crippen molar-refractivity contribution in [2.45, 2.75) is 25.3 Å². The van der Waals surface area contributed by atoms with Crippen LogP contribution in [0.2, 0.25) is 0 Å². The van der Waals surface area contributed by atoms with E-state index in [1.807, 2.05) is 10.7 Å². The quantitative estimate of drug-likeness (QED) is 0.775. The molecule has 0 radical (unpaired) electrons. The van der Waals surface area contributed by atoms with Gasteiger partial charge in [-0.2, -0.15) is 0 Å². The zero-order chi connectivity index (χ0) is 11.0. The summed E-state index contributed by atoms with van der Waals surface area (Å²) in [6.45, 7) is 0.931. The molecule has 1 aliphatic rings. The molecule has 82 valence electrons. The lowest BCUT2D eigenvalue weighted by Gasteiger charge is -2.24. The zero-order valence-corrected chi connectivity index (χ0v) is 9.02. The molecule has 0 bridgehead atoms. The molecule has 1 N–H and O–H groups in total. The molecule has 0 aliphatic carbocycles. The molecule has 1 unspecified atom stereocenters. The third kappa shape index (κ3) is 1.48. The lowest BCUT2D eigenvalue weighted by Crippen LogP contribution is -2.17. The minimum absolute atomic E-state index is 0.0119. The number of aromatic nitrogens is 2. The van der Waals surface area contributed by atoms with Crippen molar-refractivity contribution in [2.75, 3.05) is 0 Å². The van der Waals surface area contributed by atoms with Crippen molar-refractivity contribution >= 4 is 0 Å². The van der Waals surface area contributed by atoms with Crippen LogP contribution in [0.1, 0.15) is 30.0 Å². The first-order chi connectivity index (χ1) is 7.84. The Morgan fingerprint density at radius 2 is 2.06 bits per heavy atom. The second-order valence-corrected chi connectivity index (χ2v) is 4.30. The van der Waals surface area contributed by atoms with E-state index in [9.17, 15) is 4.79 Å². The van der Waals surface area contributed by atoms with Crippen LogP contribution in [0.5, 0.6) is 0 Å². The highest BCUT2D eigenvalue weighted by molar-refractivity contribution is 5.29. The fraction of sp³-hybridized carbons (Fsp3) is 0.308. The monoisotopic (exact) mass is 214 g/mol. The maximum Gasteiger partial charge on any atom is 0.264 e. The van der Waals surface area contributed by atoms with Crippen molar-refractivity contribution in [1.29, 1.82) is 0 Å². The molecule has 0 saturated heterocycles. The van der Waals surface area contributed by atoms with Gasteiger partial charge in [0.1, 0.15) is 0 Å². The summed E-state index contributed by atoms with van der Waals surface area (Å²) in [5.41, 5.74) is 2.44. The predicted octanol–water partition coefficient (Wildman–Crippen LogP) is 2.10. The Labute approximate surface area is 93.7 Å². The van der Waals surface area contributed by atoms with Crippen molar-refractivity contribution in [3.63, 3.8) is 0 Å². The Morgan fingerprint density at radius 3 is 2.88 bits per heavy atom. The number of hydrogen-bond donors (Lipinski definition) is 1. The van der Waals surface area contributed by atoms with Crippen molar-refractivity contribution in [3.05, 3.63) is 58.0 Å². The van der Waals surface area contributed by atoms with E-state index in [0.29, 0.717) is 5.92 Å². The molecule has 1 aromatic heterocycles. The summed E-state index contributed by atoms with van der Waals surface area (Å²) in [6, 6.07) is 12.1. The number of nitrogens with zero attached hydrogens (tertiary/aromatic N) is 1. The maximum atomic E-state index is 11.4. The summed E-state index contributed by atoms with van der Waals surface area (Å²) >= 11 is 0. The number of aryl methyl sites for hydroxylation is 1. The van der Waals surface area contributed by atoms with Gasteiger partial charge in [-0.25, -0.2) is 0 Å². The van der Waals surface area contributed by atoms with E-state index in [-0.39, 0.29) is 5.56 Å². The second kappa shape index (κ2) is 3.67. The van der Waals surface area contributed by atoms with E-state index in [1.54, 1.807) is 6.07 Å². The molecular weight excluding hydrogens is 200 g/mol. The second-order valence-electron chi connectivity index (χ2n) is 4.30. The molecule has 3 heteroatoms. The summed E-state index contributed by atoms with van der Waals surface area (Å²) in [5.74, 6) is 0.369. The number of benzene rings is 1. The van der Waals surface area contributed by atoms with Gasteiger partial charge in [0.05, 0.1) is 0 Å². The molecule has 1 aromatic carbocycles. The minimum Gasteiger partial charge on any atom is -0.289 e. The van der Waals surface area contributed by atoms with Crippen molar-refractivity contribution < 1.29 is 0 Å². The third-order valence-corrected chi connectivity index (χ3v) is 3.27. The Balaban J connectivity index is 2.08. The molecule has 1 aliphatic heterocycles. The summed E-state index contributed by atoms with van der Waals surface area (Å²) in [6.07, 6.45) is 2.25. The Hall–Kier alpha value is -1.77. The highest BCUT2D eigenvalue weighted by atomic mass is 16.1. The average Bonchev–Trinajstić information content (AvgIpc) is 2.70. The molecule has 3 rings (SSSR count). The molecule has 1 atom stereocenters. The molecule has 3 nitrogen and oxygen atoms in total. The highest BCUT2D eigenvalue weighted by Gasteiger charge is 2.22. The number of aromatic amines is 1. The molecule has 2 heterocycles. The Kier molecular flexibility index (Phi) is 2.17. The van der Waals surface area contributed by atoms with Gasteiger partial charge >= 0.3 is 0 Å². The molecule has 2 aromatic rings. The molecule has 0 spiro atoms. The van der Waals surface area contributed by atoms with Crippen molar-refractivity contribution in [2.24, 2.45) is 0 Å². The standard InChI is InChI=1S/C13H14N2O/c16-13-9-12-11(7-4-8-15(12)14-13)10-5-2-1-3-6-10/h1-3,5-6,9,11H,4,7-8H2,(H,14,16). The topological polar surface area (TPSA) is 37.8 Å². The molecule has 0 fully saturated rings. The average molecular weight is 214 g/mol. The van der Waals surface area contributed by atoms with Crippen LogP contribution < -0.4 is 5.56 Å². The lowest BCUT2D eigenvalue weighted by atomic mass is 9.89. The van der Waals surface area contributed by atoms with Gasteiger partial charge in [-0.3, -0.25) is 14.6 Å². The SMILES string of the molecule is O=c1cc2n([nH]1)CCCC2c1ccccc1. The predicted molar refractivity (Wildman–Crippen MR) is 62.6 cm³/mol. The third-order valence-electron chi connectivity index (χ3n) is 3.27. The minimum atomic E-state index is 0.0119. The van der Waals surface area contributed by atoms with Crippen molar-refractivity contribution in [3.8, 4) is 0 Å². The number of rotatable bonds is 1. The van der Waals surface area contributed by atoms with Gasteiger partial charge < -0.3 is 0 Å². The number of H-pyrrole nitrogens is 1. The van der Waals surface area contributed by atoms with E-state index < -0.39 is 0 Å². The first kappa shape index (κ1) is 9.46. The number of fused-ring (bicyclic) bond motifs is 1. The number of hydrogen-bond acceptors (Lipinski definition) is 1. The maximum absolute atomic E-state index is 11.4. The van der Waals surface area contributed by atoms with Gasteiger partial charge in [-0.05, 0) is 18.4 Å². The fourth-order valence-corrected chi connectivity index (χ4v) is 2.54. The Morgan fingerprint density at radius 1 is 1.25 bits per heavy atom. The van der Waals surface area contributed by atoms with E-state index in [4.69, 9.17) is 0 Å². The van der Waals surface area contributed by atoms with Crippen LogP contribution in [0.3, 0.4) is 0 Å². The Bertz CT molecular complexity index is 539. The van der Waals surface area contributed by atoms with E-state index >= 15 is 0 Å². The summed E-state index contributed by atoms with van der Waals surface area (Å²) in [5, 5.41) is 2.86.